The van der Waals surface area contributed by atoms with Gasteiger partial charge in [-0.25, -0.2) is 0 Å². The van der Waals surface area contributed by atoms with Gasteiger partial charge in [0.1, 0.15) is 25.0 Å². The second-order valence-corrected chi connectivity index (χ2v) is 5.25. The van der Waals surface area contributed by atoms with Crippen molar-refractivity contribution in [2.45, 2.75) is 32.3 Å². The number of piperidine rings is 1. The van der Waals surface area contributed by atoms with Crippen LogP contribution in [0.15, 0.2) is 24.3 Å². The van der Waals surface area contributed by atoms with Crippen LogP contribution in [0, 0.1) is 6.92 Å². The number of likely N-dealkylation sites (tertiary alicyclic amines) is 1. The smallest absolute Gasteiger partial charge is 0.137 e. The van der Waals surface area contributed by atoms with Crippen molar-refractivity contribution in [2.75, 3.05) is 26.2 Å². The number of aliphatic hydroxyl groups is 1. The van der Waals surface area contributed by atoms with E-state index in [1.54, 1.807) is 0 Å². The van der Waals surface area contributed by atoms with Crippen molar-refractivity contribution in [3.05, 3.63) is 29.8 Å². The van der Waals surface area contributed by atoms with E-state index in [9.17, 15) is 5.11 Å². The molecule has 1 saturated heterocycles. The van der Waals surface area contributed by atoms with Gasteiger partial charge >= 0.3 is 0 Å². The first kappa shape index (κ1) is 13.4. The Morgan fingerprint density at radius 3 is 2.67 bits per heavy atom. The Kier molecular flexibility index (Phi) is 5.02. The lowest BCUT2D eigenvalue weighted by atomic mass is 10.1. The molecule has 1 aromatic rings. The van der Waals surface area contributed by atoms with Gasteiger partial charge in [0.2, 0.25) is 0 Å². The van der Waals surface area contributed by atoms with Crippen molar-refractivity contribution in [1.82, 2.24) is 0 Å². The van der Waals surface area contributed by atoms with Gasteiger partial charge in [-0.15, -0.1) is 0 Å². The topological polar surface area (TPSA) is 33.9 Å². The predicted molar refractivity (Wildman–Crippen MR) is 72.1 cm³/mol. The summed E-state index contributed by atoms with van der Waals surface area (Å²) in [6.45, 7) is 5.63. The Morgan fingerprint density at radius 2 is 1.94 bits per heavy atom. The van der Waals surface area contributed by atoms with Crippen LogP contribution in [0.1, 0.15) is 24.8 Å². The summed E-state index contributed by atoms with van der Waals surface area (Å²) in [7, 11) is 0. The van der Waals surface area contributed by atoms with Crippen molar-refractivity contribution < 1.29 is 14.7 Å². The van der Waals surface area contributed by atoms with Gasteiger partial charge < -0.3 is 14.7 Å². The Morgan fingerprint density at radius 1 is 1.22 bits per heavy atom. The first-order chi connectivity index (χ1) is 8.75. The minimum Gasteiger partial charge on any atom is -0.490 e. The van der Waals surface area contributed by atoms with Gasteiger partial charge in [-0.05, 0) is 37.8 Å². The maximum atomic E-state index is 10.0. The molecule has 0 aromatic heterocycles. The molecule has 0 amide bonds. The number of para-hydroxylation sites is 1. The summed E-state index contributed by atoms with van der Waals surface area (Å²) >= 11 is 0. The minimum absolute atomic E-state index is 0.363. The quantitative estimate of drug-likeness (QED) is 0.810. The van der Waals surface area contributed by atoms with E-state index in [0.29, 0.717) is 6.61 Å². The van der Waals surface area contributed by atoms with Crippen molar-refractivity contribution in [2.24, 2.45) is 0 Å². The highest BCUT2D eigenvalue weighted by Crippen LogP contribution is 2.16. The first-order valence-electron chi connectivity index (χ1n) is 6.96. The molecule has 2 N–H and O–H groups in total. The number of ether oxygens (including phenoxy) is 1. The van der Waals surface area contributed by atoms with Crippen molar-refractivity contribution >= 4 is 0 Å². The van der Waals surface area contributed by atoms with Gasteiger partial charge in [0.25, 0.3) is 0 Å². The fourth-order valence-corrected chi connectivity index (χ4v) is 2.55. The van der Waals surface area contributed by atoms with E-state index >= 15 is 0 Å². The molecule has 1 aliphatic heterocycles. The summed E-state index contributed by atoms with van der Waals surface area (Å²) < 4.78 is 5.68. The standard InChI is InChI=1S/C15H23NO2/c1-13-7-3-4-8-15(13)18-12-14(17)11-16-9-5-2-6-10-16/h3-4,7-8,14,17H,2,5-6,9-12H2,1H3/p+1/t14-/m0/s1. The summed E-state index contributed by atoms with van der Waals surface area (Å²) in [6, 6.07) is 7.94. The molecule has 3 heteroatoms. The molecule has 0 radical (unpaired) electrons. The molecule has 1 aliphatic rings. The highest BCUT2D eigenvalue weighted by atomic mass is 16.5. The summed E-state index contributed by atoms with van der Waals surface area (Å²) in [5.74, 6) is 0.880. The Labute approximate surface area is 109 Å². The monoisotopic (exact) mass is 250 g/mol. The molecule has 0 spiro atoms. The molecule has 1 aromatic carbocycles. The number of rotatable bonds is 5. The third-order valence-electron chi connectivity index (χ3n) is 3.61. The fourth-order valence-electron chi connectivity index (χ4n) is 2.55. The Bertz CT molecular complexity index is 361. The predicted octanol–water partition coefficient (Wildman–Crippen LogP) is 0.804. The highest BCUT2D eigenvalue weighted by molar-refractivity contribution is 5.31. The maximum Gasteiger partial charge on any atom is 0.137 e. The average Bonchev–Trinajstić information content (AvgIpc) is 2.39. The fraction of sp³-hybridized carbons (Fsp3) is 0.600. The van der Waals surface area contributed by atoms with Gasteiger partial charge in [-0.3, -0.25) is 0 Å². The van der Waals surface area contributed by atoms with Crippen LogP contribution >= 0.6 is 0 Å². The van der Waals surface area contributed by atoms with Gasteiger partial charge in [0.15, 0.2) is 0 Å². The molecule has 0 bridgehead atoms. The highest BCUT2D eigenvalue weighted by Gasteiger charge is 2.18. The summed E-state index contributed by atoms with van der Waals surface area (Å²) in [6.07, 6.45) is 3.57. The number of benzene rings is 1. The van der Waals surface area contributed by atoms with Crippen molar-refractivity contribution in [1.29, 1.82) is 0 Å². The second kappa shape index (κ2) is 6.76. The third kappa shape index (κ3) is 4.00. The lowest BCUT2D eigenvalue weighted by molar-refractivity contribution is -0.908. The van der Waals surface area contributed by atoms with E-state index in [-0.39, 0.29) is 6.10 Å². The molecule has 1 heterocycles. The number of aryl methyl sites for hydroxylation is 1. The largest absolute Gasteiger partial charge is 0.490 e. The van der Waals surface area contributed by atoms with Crippen LogP contribution < -0.4 is 9.64 Å². The Hall–Kier alpha value is -1.06. The van der Waals surface area contributed by atoms with E-state index in [4.69, 9.17) is 4.74 Å². The van der Waals surface area contributed by atoms with E-state index in [1.807, 2.05) is 31.2 Å². The molecular formula is C15H24NO2+. The van der Waals surface area contributed by atoms with Crippen LogP contribution in [0.5, 0.6) is 5.75 Å². The zero-order valence-electron chi connectivity index (χ0n) is 11.2. The summed E-state index contributed by atoms with van der Waals surface area (Å²) in [5.41, 5.74) is 1.12. The zero-order valence-corrected chi connectivity index (χ0v) is 11.2. The molecule has 100 valence electrons. The van der Waals surface area contributed by atoms with Gasteiger partial charge in [-0.1, -0.05) is 18.2 Å². The van der Waals surface area contributed by atoms with Gasteiger partial charge in [0.05, 0.1) is 13.1 Å². The molecular weight excluding hydrogens is 226 g/mol. The van der Waals surface area contributed by atoms with Crippen LogP contribution in [-0.4, -0.2) is 37.5 Å². The lowest BCUT2D eigenvalue weighted by Crippen LogP contribution is -3.14. The molecule has 0 saturated carbocycles. The number of hydrogen-bond acceptors (Lipinski definition) is 2. The number of nitrogens with one attached hydrogen (secondary N) is 1. The van der Waals surface area contributed by atoms with E-state index in [0.717, 1.165) is 17.9 Å². The van der Waals surface area contributed by atoms with Crippen LogP contribution in [0.4, 0.5) is 0 Å². The Balaban J connectivity index is 1.74. The maximum absolute atomic E-state index is 10.0. The van der Waals surface area contributed by atoms with Crippen molar-refractivity contribution in [3.63, 3.8) is 0 Å². The van der Waals surface area contributed by atoms with Crippen molar-refractivity contribution in [3.8, 4) is 5.75 Å². The molecule has 0 unspecified atom stereocenters. The van der Waals surface area contributed by atoms with E-state index < -0.39 is 0 Å². The number of aliphatic hydroxyl groups excluding tert-OH is 1. The van der Waals surface area contributed by atoms with Crippen LogP contribution in [0.2, 0.25) is 0 Å². The summed E-state index contributed by atoms with van der Waals surface area (Å²) in [5, 5.41) is 10.0. The van der Waals surface area contributed by atoms with Crippen LogP contribution in [0.3, 0.4) is 0 Å². The van der Waals surface area contributed by atoms with Gasteiger partial charge in [-0.2, -0.15) is 0 Å². The molecule has 0 aliphatic carbocycles. The third-order valence-corrected chi connectivity index (χ3v) is 3.61. The number of quaternary nitrogens is 1. The molecule has 1 fully saturated rings. The summed E-state index contributed by atoms with van der Waals surface area (Å²) in [4.78, 5) is 1.52. The normalized spacial score (nSPS) is 18.6. The molecule has 18 heavy (non-hydrogen) atoms. The molecule has 2 rings (SSSR count). The lowest BCUT2D eigenvalue weighted by Gasteiger charge is -2.25. The molecule has 3 nitrogen and oxygen atoms in total. The van der Waals surface area contributed by atoms with Crippen LogP contribution in [0.25, 0.3) is 0 Å². The van der Waals surface area contributed by atoms with E-state index in [2.05, 4.69) is 0 Å². The average molecular weight is 250 g/mol. The van der Waals surface area contributed by atoms with Gasteiger partial charge in [0, 0.05) is 0 Å². The molecule has 1 atom stereocenters. The SMILES string of the molecule is Cc1ccccc1OC[C@@H](O)C[NH+]1CCCCC1. The van der Waals surface area contributed by atoms with Crippen LogP contribution in [-0.2, 0) is 0 Å². The first-order valence-corrected chi connectivity index (χ1v) is 6.96. The minimum atomic E-state index is -0.363. The zero-order chi connectivity index (χ0) is 12.8. The van der Waals surface area contributed by atoms with E-state index in [1.165, 1.54) is 37.3 Å². The number of hydrogen-bond donors (Lipinski definition) is 2. The second-order valence-electron chi connectivity index (χ2n) is 5.25.